The molecule has 0 saturated heterocycles. The minimum absolute atomic E-state index is 0.0583. The number of nitrogens with zero attached hydrogens (tertiary/aromatic N) is 2. The van der Waals surface area contributed by atoms with Gasteiger partial charge in [-0.1, -0.05) is 0 Å². The van der Waals surface area contributed by atoms with Gasteiger partial charge in [-0.25, -0.2) is 0 Å². The van der Waals surface area contributed by atoms with Crippen LogP contribution in [0, 0.1) is 0 Å². The monoisotopic (exact) mass is 249 g/mol. The molecule has 2 N–H and O–H groups in total. The zero-order valence-corrected chi connectivity index (χ0v) is 9.42. The fraction of sp³-hybridized carbons (Fsp3) is 0.273. The smallest absolute Gasteiger partial charge is 0.303 e. The van der Waals surface area contributed by atoms with Crippen LogP contribution in [0.4, 0.5) is 0 Å². The molecule has 0 amide bonds. The van der Waals surface area contributed by atoms with Crippen molar-refractivity contribution in [3.63, 3.8) is 0 Å². The molecule has 0 aliphatic heterocycles. The molecule has 0 aliphatic carbocycles. The van der Waals surface area contributed by atoms with Gasteiger partial charge in [0.25, 0.3) is 0 Å². The average Bonchev–Trinajstić information content (AvgIpc) is 2.77. The number of pyridine rings is 1. The molecule has 0 radical (unpaired) electrons. The Hall–Kier alpha value is -2.44. The molecule has 2 heterocycles. The predicted molar refractivity (Wildman–Crippen MR) is 60.9 cm³/mol. The first-order valence-corrected chi connectivity index (χ1v) is 5.38. The van der Waals surface area contributed by atoms with Crippen molar-refractivity contribution in [1.82, 2.24) is 15.2 Å². The average molecular weight is 249 g/mol. The Balaban J connectivity index is 2.06. The lowest BCUT2D eigenvalue weighted by atomic mass is 10.2. The summed E-state index contributed by atoms with van der Waals surface area (Å²) in [6.07, 6.45) is 2.39. The number of rotatable bonds is 5. The van der Waals surface area contributed by atoms with Crippen LogP contribution in [-0.4, -0.2) is 26.3 Å². The third-order valence-electron chi connectivity index (χ3n) is 2.27. The Labute approximate surface area is 101 Å². The van der Waals surface area contributed by atoms with Crippen molar-refractivity contribution in [2.75, 3.05) is 0 Å². The zero-order chi connectivity index (χ0) is 13.0. The van der Waals surface area contributed by atoms with Crippen LogP contribution in [0.2, 0.25) is 0 Å². The first-order valence-electron chi connectivity index (χ1n) is 5.38. The maximum atomic E-state index is 11.1. The number of carbonyl (C=O) groups is 1. The third-order valence-corrected chi connectivity index (χ3v) is 2.27. The molecule has 0 spiro atoms. The molecule has 0 fully saturated rings. The second kappa shape index (κ2) is 5.26. The van der Waals surface area contributed by atoms with Crippen molar-refractivity contribution >= 4 is 5.97 Å². The van der Waals surface area contributed by atoms with Crippen molar-refractivity contribution in [2.24, 2.45) is 0 Å². The van der Waals surface area contributed by atoms with E-state index in [9.17, 15) is 9.59 Å². The van der Waals surface area contributed by atoms with Gasteiger partial charge in [-0.05, 0) is 12.5 Å². The van der Waals surface area contributed by atoms with Crippen molar-refractivity contribution < 1.29 is 14.3 Å². The maximum Gasteiger partial charge on any atom is 0.303 e. The summed E-state index contributed by atoms with van der Waals surface area (Å²) < 4.78 is 5.34. The molecule has 0 saturated carbocycles. The quantitative estimate of drug-likeness (QED) is 0.812. The fourth-order valence-electron chi connectivity index (χ4n) is 1.44. The van der Waals surface area contributed by atoms with Crippen LogP contribution in [0.15, 0.2) is 27.5 Å². The van der Waals surface area contributed by atoms with E-state index in [1.54, 1.807) is 6.07 Å². The molecule has 7 nitrogen and oxygen atoms in total. The van der Waals surface area contributed by atoms with Gasteiger partial charge < -0.3 is 14.5 Å². The Morgan fingerprint density at radius 2 is 2.28 bits per heavy atom. The number of aromatic amines is 1. The van der Waals surface area contributed by atoms with Crippen molar-refractivity contribution in [1.29, 1.82) is 0 Å². The number of carboxylic acid groups (broad SMARTS) is 1. The summed E-state index contributed by atoms with van der Waals surface area (Å²) in [6.45, 7) is 0. The largest absolute Gasteiger partial charge is 0.481 e. The van der Waals surface area contributed by atoms with Gasteiger partial charge in [0.05, 0.1) is 0 Å². The molecule has 18 heavy (non-hydrogen) atoms. The number of H-pyrrole nitrogens is 1. The Kier molecular flexibility index (Phi) is 3.52. The van der Waals surface area contributed by atoms with Gasteiger partial charge >= 0.3 is 5.97 Å². The van der Waals surface area contributed by atoms with Gasteiger partial charge in [0.2, 0.25) is 17.3 Å². The number of aryl methyl sites for hydroxylation is 1. The van der Waals surface area contributed by atoms with E-state index in [2.05, 4.69) is 15.2 Å². The lowest BCUT2D eigenvalue weighted by molar-refractivity contribution is -0.137. The van der Waals surface area contributed by atoms with Gasteiger partial charge in [0.15, 0.2) is 0 Å². The van der Waals surface area contributed by atoms with Gasteiger partial charge in [-0.3, -0.25) is 9.59 Å². The lowest BCUT2D eigenvalue weighted by Gasteiger charge is -1.93. The van der Waals surface area contributed by atoms with E-state index < -0.39 is 5.97 Å². The summed E-state index contributed by atoms with van der Waals surface area (Å²) in [7, 11) is 0. The number of nitrogens with one attached hydrogen (secondary N) is 1. The molecule has 0 unspecified atom stereocenters. The van der Waals surface area contributed by atoms with Crippen molar-refractivity contribution in [2.45, 2.75) is 19.3 Å². The Morgan fingerprint density at radius 3 is 3.00 bits per heavy atom. The SMILES string of the molecule is O=C(O)CCCc1nnc(-c2cc[nH]c(=O)c2)o1. The predicted octanol–water partition coefficient (Wildman–Crippen LogP) is 0.832. The fourth-order valence-corrected chi connectivity index (χ4v) is 1.44. The molecule has 94 valence electrons. The topological polar surface area (TPSA) is 109 Å². The summed E-state index contributed by atoms with van der Waals surface area (Å²) >= 11 is 0. The standard InChI is InChI=1S/C11H11N3O4/c15-8-6-7(4-5-12-8)11-14-13-9(18-11)2-1-3-10(16)17/h4-6H,1-3H2,(H,12,15)(H,16,17). The van der Waals surface area contributed by atoms with E-state index in [1.165, 1.54) is 12.3 Å². The molecule has 0 atom stereocenters. The van der Waals surface area contributed by atoms with Crippen molar-refractivity contribution in [3.8, 4) is 11.5 Å². The normalized spacial score (nSPS) is 10.4. The van der Waals surface area contributed by atoms with E-state index in [0.29, 0.717) is 24.3 Å². The number of carboxylic acids is 1. The maximum absolute atomic E-state index is 11.1. The van der Waals surface area contributed by atoms with E-state index in [1.807, 2.05) is 0 Å². The number of hydrogen-bond donors (Lipinski definition) is 2. The summed E-state index contributed by atoms with van der Waals surface area (Å²) in [5, 5.41) is 16.1. The minimum Gasteiger partial charge on any atom is -0.481 e. The summed E-state index contributed by atoms with van der Waals surface area (Å²) in [5.41, 5.74) is 0.286. The van der Waals surface area contributed by atoms with E-state index in [-0.39, 0.29) is 17.9 Å². The van der Waals surface area contributed by atoms with Gasteiger partial charge in [0.1, 0.15) is 0 Å². The second-order valence-corrected chi connectivity index (χ2v) is 3.69. The first kappa shape index (κ1) is 12.0. The highest BCUT2D eigenvalue weighted by Crippen LogP contribution is 2.15. The second-order valence-electron chi connectivity index (χ2n) is 3.69. The highest BCUT2D eigenvalue weighted by Gasteiger charge is 2.09. The van der Waals surface area contributed by atoms with Crippen LogP contribution in [0.25, 0.3) is 11.5 Å². The Bertz CT molecular complexity index is 602. The molecular formula is C11H11N3O4. The molecule has 0 aliphatic rings. The Morgan fingerprint density at radius 1 is 1.44 bits per heavy atom. The summed E-state index contributed by atoms with van der Waals surface area (Å²) in [6, 6.07) is 3.00. The van der Waals surface area contributed by atoms with Crippen molar-refractivity contribution in [3.05, 3.63) is 34.6 Å². The molecule has 2 aromatic heterocycles. The molecule has 2 rings (SSSR count). The van der Waals surface area contributed by atoms with E-state index in [0.717, 1.165) is 0 Å². The van der Waals surface area contributed by atoms with E-state index in [4.69, 9.17) is 9.52 Å². The van der Waals surface area contributed by atoms with Crippen LogP contribution < -0.4 is 5.56 Å². The van der Waals surface area contributed by atoms with Crippen LogP contribution in [0.3, 0.4) is 0 Å². The highest BCUT2D eigenvalue weighted by molar-refractivity contribution is 5.66. The van der Waals surface area contributed by atoms with E-state index >= 15 is 0 Å². The summed E-state index contributed by atoms with van der Waals surface area (Å²) in [5.74, 6) is -0.234. The van der Waals surface area contributed by atoms with Gasteiger partial charge in [-0.15, -0.1) is 10.2 Å². The van der Waals surface area contributed by atoms with Gasteiger partial charge in [-0.2, -0.15) is 0 Å². The number of aromatic nitrogens is 3. The molecular weight excluding hydrogens is 238 g/mol. The molecule has 0 bridgehead atoms. The molecule has 0 aromatic carbocycles. The highest BCUT2D eigenvalue weighted by atomic mass is 16.4. The number of aliphatic carboxylic acids is 1. The molecule has 2 aromatic rings. The number of hydrogen-bond acceptors (Lipinski definition) is 5. The summed E-state index contributed by atoms with van der Waals surface area (Å²) in [4.78, 5) is 23.9. The van der Waals surface area contributed by atoms with Crippen LogP contribution in [0.1, 0.15) is 18.7 Å². The van der Waals surface area contributed by atoms with Crippen LogP contribution in [-0.2, 0) is 11.2 Å². The third kappa shape index (κ3) is 3.03. The van der Waals surface area contributed by atoms with Gasteiger partial charge in [0, 0.05) is 30.7 Å². The van der Waals surface area contributed by atoms with Crippen LogP contribution >= 0.6 is 0 Å². The first-order chi connectivity index (χ1) is 8.65. The van der Waals surface area contributed by atoms with Crippen LogP contribution in [0.5, 0.6) is 0 Å². The zero-order valence-electron chi connectivity index (χ0n) is 9.42. The lowest BCUT2D eigenvalue weighted by Crippen LogP contribution is -2.01. The minimum atomic E-state index is -0.857. The molecule has 7 heteroatoms.